The molecule has 2 aromatic carbocycles. The molecule has 0 radical (unpaired) electrons. The van der Waals surface area contributed by atoms with E-state index in [1.165, 1.54) is 24.1 Å². The number of carbonyl (C=O) groups is 1. The molecule has 0 saturated heterocycles. The standard InChI is InChI=1S/C29H37NO6/c1-22(32)36-29(33)14-5-9-26(28(29)20-31)12-16-30-15-11-23-6-3-8-25(18-23)21-35-17-13-24-7-4-10-27(19-24)34-2/h3-10,14,18-19,28,30-31,33H,11-13,15-17,20-21H2,1-2H3/t28?,29-/m1/s1. The number of esters is 1. The summed E-state index contributed by atoms with van der Waals surface area (Å²) in [5, 5.41) is 23.8. The van der Waals surface area contributed by atoms with Crippen molar-refractivity contribution in [2.75, 3.05) is 33.4 Å². The van der Waals surface area contributed by atoms with Gasteiger partial charge in [0.05, 0.1) is 32.8 Å². The lowest BCUT2D eigenvalue weighted by Crippen LogP contribution is -2.44. The van der Waals surface area contributed by atoms with E-state index < -0.39 is 17.7 Å². The fraction of sp³-hybridized carbons (Fsp3) is 0.414. The molecule has 0 saturated carbocycles. The second kappa shape index (κ2) is 13.9. The topological polar surface area (TPSA) is 97.3 Å². The molecule has 1 aliphatic carbocycles. The normalized spacial score (nSPS) is 19.1. The molecule has 2 aromatic rings. The van der Waals surface area contributed by atoms with Crippen LogP contribution in [0.1, 0.15) is 30.0 Å². The SMILES string of the molecule is COc1cccc(CCOCc2cccc(CCNCCC3=CC=C[C@@](O)(OC(C)=O)C3CO)c2)c1. The third-order valence-corrected chi connectivity index (χ3v) is 6.19. The van der Waals surface area contributed by atoms with E-state index in [-0.39, 0.29) is 6.61 Å². The van der Waals surface area contributed by atoms with Crippen LogP contribution in [0.25, 0.3) is 0 Å². The molecule has 0 spiro atoms. The second-order valence-corrected chi connectivity index (χ2v) is 8.91. The molecule has 7 nitrogen and oxygen atoms in total. The lowest BCUT2D eigenvalue weighted by atomic mass is 9.85. The van der Waals surface area contributed by atoms with Crippen LogP contribution in [-0.4, -0.2) is 55.4 Å². The second-order valence-electron chi connectivity index (χ2n) is 8.91. The number of aliphatic hydroxyl groups is 2. The predicted octanol–water partition coefficient (Wildman–Crippen LogP) is 3.33. The molecule has 2 atom stereocenters. The molecule has 7 heteroatoms. The minimum atomic E-state index is -1.80. The molecule has 0 heterocycles. The lowest BCUT2D eigenvalue weighted by molar-refractivity contribution is -0.205. The van der Waals surface area contributed by atoms with Gasteiger partial charge >= 0.3 is 5.97 Å². The molecule has 0 aliphatic heterocycles. The zero-order valence-electron chi connectivity index (χ0n) is 21.1. The highest BCUT2D eigenvalue weighted by atomic mass is 16.7. The molecular formula is C29H37NO6. The van der Waals surface area contributed by atoms with Crippen LogP contribution in [0.5, 0.6) is 5.75 Å². The van der Waals surface area contributed by atoms with E-state index >= 15 is 0 Å². The van der Waals surface area contributed by atoms with Gasteiger partial charge in [0.25, 0.3) is 0 Å². The Labute approximate surface area is 213 Å². The molecule has 0 bridgehead atoms. The van der Waals surface area contributed by atoms with Crippen molar-refractivity contribution in [3.8, 4) is 5.75 Å². The van der Waals surface area contributed by atoms with Gasteiger partial charge < -0.3 is 29.7 Å². The number of benzene rings is 2. The summed E-state index contributed by atoms with van der Waals surface area (Å²) in [5.41, 5.74) is 4.40. The number of hydrogen-bond donors (Lipinski definition) is 3. The highest BCUT2D eigenvalue weighted by Crippen LogP contribution is 2.32. The van der Waals surface area contributed by atoms with Crippen LogP contribution in [0.4, 0.5) is 0 Å². The maximum Gasteiger partial charge on any atom is 0.305 e. The van der Waals surface area contributed by atoms with Crippen LogP contribution >= 0.6 is 0 Å². The number of nitrogens with one attached hydrogen (secondary N) is 1. The van der Waals surface area contributed by atoms with Gasteiger partial charge in [-0.3, -0.25) is 4.79 Å². The molecule has 1 unspecified atom stereocenters. The largest absolute Gasteiger partial charge is 0.497 e. The molecule has 0 fully saturated rings. The Kier molecular flexibility index (Phi) is 10.7. The molecule has 3 N–H and O–H groups in total. The number of methoxy groups -OCH3 is 1. The first kappa shape index (κ1) is 27.6. The van der Waals surface area contributed by atoms with Gasteiger partial charge in [0.1, 0.15) is 5.75 Å². The molecule has 0 amide bonds. The zero-order chi connectivity index (χ0) is 25.8. The maximum absolute atomic E-state index is 11.4. The molecular weight excluding hydrogens is 458 g/mol. The third-order valence-electron chi connectivity index (χ3n) is 6.19. The highest BCUT2D eigenvalue weighted by Gasteiger charge is 2.40. The average Bonchev–Trinajstić information content (AvgIpc) is 2.86. The van der Waals surface area contributed by atoms with Gasteiger partial charge in [-0.2, -0.15) is 0 Å². The molecule has 1 aliphatic rings. The summed E-state index contributed by atoms with van der Waals surface area (Å²) in [4.78, 5) is 11.4. The Hall–Kier alpha value is -2.97. The van der Waals surface area contributed by atoms with Crippen LogP contribution in [0.15, 0.2) is 72.3 Å². The number of hydrogen-bond acceptors (Lipinski definition) is 7. The Bertz CT molecular complexity index is 1050. The Balaban J connectivity index is 1.37. The first-order valence-electron chi connectivity index (χ1n) is 12.3. The van der Waals surface area contributed by atoms with Crippen LogP contribution in [0, 0.1) is 5.92 Å². The number of carbonyl (C=O) groups excluding carboxylic acids is 1. The van der Waals surface area contributed by atoms with Gasteiger partial charge in [-0.05, 0) is 67.3 Å². The van der Waals surface area contributed by atoms with E-state index in [0.717, 1.165) is 36.3 Å². The van der Waals surface area contributed by atoms with Crippen molar-refractivity contribution in [1.82, 2.24) is 5.32 Å². The smallest absolute Gasteiger partial charge is 0.305 e. The van der Waals surface area contributed by atoms with Crippen LogP contribution in [-0.2, 0) is 33.7 Å². The Morgan fingerprint density at radius 2 is 1.75 bits per heavy atom. The Morgan fingerprint density at radius 3 is 2.50 bits per heavy atom. The van der Waals surface area contributed by atoms with E-state index in [9.17, 15) is 15.0 Å². The van der Waals surface area contributed by atoms with Gasteiger partial charge in [0.2, 0.25) is 5.79 Å². The minimum absolute atomic E-state index is 0.311. The van der Waals surface area contributed by atoms with E-state index in [1.807, 2.05) is 24.3 Å². The Morgan fingerprint density at radius 1 is 1.03 bits per heavy atom. The van der Waals surface area contributed by atoms with Crippen molar-refractivity contribution in [1.29, 1.82) is 0 Å². The van der Waals surface area contributed by atoms with Crippen molar-refractivity contribution in [2.45, 2.75) is 38.6 Å². The molecule has 194 valence electrons. The fourth-order valence-corrected chi connectivity index (χ4v) is 4.32. The average molecular weight is 496 g/mol. The quantitative estimate of drug-likeness (QED) is 0.210. The van der Waals surface area contributed by atoms with Crippen molar-refractivity contribution in [2.24, 2.45) is 5.92 Å². The van der Waals surface area contributed by atoms with E-state index in [4.69, 9.17) is 14.2 Å². The fourth-order valence-electron chi connectivity index (χ4n) is 4.32. The third kappa shape index (κ3) is 8.31. The summed E-state index contributed by atoms with van der Waals surface area (Å²) in [5.74, 6) is -2.21. The summed E-state index contributed by atoms with van der Waals surface area (Å²) >= 11 is 0. The van der Waals surface area contributed by atoms with E-state index in [0.29, 0.717) is 26.2 Å². The first-order chi connectivity index (χ1) is 17.4. The molecule has 0 aromatic heterocycles. The van der Waals surface area contributed by atoms with Crippen LogP contribution in [0.3, 0.4) is 0 Å². The summed E-state index contributed by atoms with van der Waals surface area (Å²) in [7, 11) is 1.67. The minimum Gasteiger partial charge on any atom is -0.497 e. The first-order valence-corrected chi connectivity index (χ1v) is 12.3. The molecule has 3 rings (SSSR count). The predicted molar refractivity (Wildman–Crippen MR) is 139 cm³/mol. The van der Waals surface area contributed by atoms with Crippen LogP contribution in [0.2, 0.25) is 0 Å². The summed E-state index contributed by atoms with van der Waals surface area (Å²) < 4.78 is 16.2. The van der Waals surface area contributed by atoms with Gasteiger partial charge in [-0.1, -0.05) is 54.1 Å². The van der Waals surface area contributed by atoms with Crippen molar-refractivity contribution in [3.63, 3.8) is 0 Å². The van der Waals surface area contributed by atoms with E-state index in [1.54, 1.807) is 13.2 Å². The number of aliphatic hydroxyl groups excluding tert-OH is 1. The summed E-state index contributed by atoms with van der Waals surface area (Å²) in [6, 6.07) is 16.4. The van der Waals surface area contributed by atoms with Gasteiger partial charge in [-0.25, -0.2) is 0 Å². The zero-order valence-corrected chi connectivity index (χ0v) is 21.1. The van der Waals surface area contributed by atoms with Crippen molar-refractivity contribution >= 4 is 5.97 Å². The number of rotatable bonds is 14. The number of allylic oxidation sites excluding steroid dienone is 2. The maximum atomic E-state index is 11.4. The molecule has 36 heavy (non-hydrogen) atoms. The summed E-state index contributed by atoms with van der Waals surface area (Å²) in [6.45, 7) is 3.62. The summed E-state index contributed by atoms with van der Waals surface area (Å²) in [6.07, 6.45) is 7.26. The van der Waals surface area contributed by atoms with Crippen molar-refractivity contribution in [3.05, 3.63) is 89.0 Å². The number of ether oxygens (including phenoxy) is 3. The van der Waals surface area contributed by atoms with E-state index in [2.05, 4.69) is 35.6 Å². The lowest BCUT2D eigenvalue weighted by Gasteiger charge is -2.35. The van der Waals surface area contributed by atoms with Gasteiger partial charge in [0, 0.05) is 6.92 Å². The highest BCUT2D eigenvalue weighted by molar-refractivity contribution is 5.66. The van der Waals surface area contributed by atoms with Crippen LogP contribution < -0.4 is 10.1 Å². The monoisotopic (exact) mass is 495 g/mol. The van der Waals surface area contributed by atoms with Crippen molar-refractivity contribution < 1.29 is 29.2 Å². The van der Waals surface area contributed by atoms with Gasteiger partial charge in [0.15, 0.2) is 0 Å². The van der Waals surface area contributed by atoms with Gasteiger partial charge in [-0.15, -0.1) is 0 Å².